The number of hydrogen-bond acceptors (Lipinski definition) is 0. The largest absolute Gasteiger partial charge is 0.103 e. The van der Waals surface area contributed by atoms with Gasteiger partial charge >= 0.3 is 0 Å². The molecule has 0 aromatic carbocycles. The van der Waals surface area contributed by atoms with Crippen LogP contribution in [0.3, 0.4) is 0 Å². The molecule has 7 atom stereocenters. The van der Waals surface area contributed by atoms with E-state index >= 15 is 0 Å². The highest BCUT2D eigenvalue weighted by atomic mass is 14.6. The van der Waals surface area contributed by atoms with Crippen LogP contribution in [0.15, 0.2) is 24.3 Å². The van der Waals surface area contributed by atoms with Crippen molar-refractivity contribution < 1.29 is 0 Å². The molecule has 0 aromatic rings. The quantitative estimate of drug-likeness (QED) is 0.317. The van der Waals surface area contributed by atoms with E-state index in [1.165, 1.54) is 77.0 Å². The molecule has 0 N–H and O–H groups in total. The van der Waals surface area contributed by atoms with Gasteiger partial charge in [0.05, 0.1) is 0 Å². The van der Waals surface area contributed by atoms with Gasteiger partial charge in [-0.15, -0.1) is 6.58 Å². The number of allylic oxidation sites excluding steroid dienone is 3. The molecule has 0 radical (unpaired) electrons. The molecule has 4 fully saturated rings. The fourth-order valence-electron chi connectivity index (χ4n) is 8.63. The van der Waals surface area contributed by atoms with Crippen LogP contribution in [-0.4, -0.2) is 0 Å². The Balaban J connectivity index is 0.000000757. The van der Waals surface area contributed by atoms with Gasteiger partial charge in [-0.3, -0.25) is 0 Å². The third kappa shape index (κ3) is 4.49. The van der Waals surface area contributed by atoms with E-state index < -0.39 is 0 Å². The van der Waals surface area contributed by atoms with Crippen LogP contribution < -0.4 is 0 Å². The second-order valence-electron chi connectivity index (χ2n) is 10.8. The summed E-state index contributed by atoms with van der Waals surface area (Å²) in [6.07, 6.45) is 22.1. The van der Waals surface area contributed by atoms with Crippen LogP contribution in [0.4, 0.5) is 0 Å². The molecule has 0 aromatic heterocycles. The molecule has 0 heterocycles. The molecule has 4 saturated carbocycles. The second kappa shape index (κ2) is 11.4. The SMILES string of the molecule is C=CCCCC1CCC2C3C/C(=C\C)C4CCCCC4(C)C3CCC12C.CC.CC. The van der Waals surface area contributed by atoms with Gasteiger partial charge in [0.2, 0.25) is 0 Å². The predicted octanol–water partition coefficient (Wildman–Crippen LogP) is 10.0. The maximum absolute atomic E-state index is 3.94. The standard InChI is InChI=1S/C26H42.2C2H6/c1-5-7-8-11-20-13-14-23-21-18-19(6-2)22-12-9-10-16-26(22,4)24(21)15-17-25(20,23)3;2*1-2/h5-6,20-24H,1,7-18H2,2-4H3;2*1-2H3/b19-6+;;. The monoisotopic (exact) mass is 414 g/mol. The van der Waals surface area contributed by atoms with E-state index in [9.17, 15) is 0 Å². The molecule has 4 rings (SSSR count). The van der Waals surface area contributed by atoms with Crippen molar-refractivity contribution in [1.29, 1.82) is 0 Å². The Kier molecular flexibility index (Phi) is 9.76. The summed E-state index contributed by atoms with van der Waals surface area (Å²) in [5, 5.41) is 0. The molecule has 0 amide bonds. The van der Waals surface area contributed by atoms with Crippen molar-refractivity contribution in [3.8, 4) is 0 Å². The summed E-state index contributed by atoms with van der Waals surface area (Å²) < 4.78 is 0. The van der Waals surface area contributed by atoms with Crippen LogP contribution in [0.25, 0.3) is 0 Å². The molecule has 0 heteroatoms. The average molecular weight is 415 g/mol. The summed E-state index contributed by atoms with van der Waals surface area (Å²) in [5.41, 5.74) is 3.11. The highest BCUT2D eigenvalue weighted by Gasteiger charge is 2.60. The molecule has 0 saturated heterocycles. The first-order valence-corrected chi connectivity index (χ1v) is 13.8. The fourth-order valence-corrected chi connectivity index (χ4v) is 8.63. The van der Waals surface area contributed by atoms with Gasteiger partial charge in [-0.1, -0.05) is 72.1 Å². The zero-order valence-corrected chi connectivity index (χ0v) is 21.7. The molecule has 0 aliphatic heterocycles. The van der Waals surface area contributed by atoms with Crippen LogP contribution in [-0.2, 0) is 0 Å². The Labute approximate surface area is 190 Å². The van der Waals surface area contributed by atoms with Gasteiger partial charge in [-0.2, -0.15) is 0 Å². The van der Waals surface area contributed by atoms with Crippen LogP contribution in [0.2, 0.25) is 0 Å². The molecule has 4 aliphatic rings. The predicted molar refractivity (Wildman–Crippen MR) is 136 cm³/mol. The Bertz CT molecular complexity index is 556. The highest BCUT2D eigenvalue weighted by molar-refractivity contribution is 5.21. The van der Waals surface area contributed by atoms with Crippen LogP contribution >= 0.6 is 0 Å². The Hall–Kier alpha value is -0.520. The van der Waals surface area contributed by atoms with Gasteiger partial charge in [0, 0.05) is 0 Å². The van der Waals surface area contributed by atoms with Gasteiger partial charge < -0.3 is 0 Å². The first-order chi connectivity index (χ1) is 14.5. The molecule has 0 bridgehead atoms. The van der Waals surface area contributed by atoms with Crippen molar-refractivity contribution in [3.63, 3.8) is 0 Å². The average Bonchev–Trinajstić information content (AvgIpc) is 3.12. The first kappa shape index (κ1) is 25.7. The van der Waals surface area contributed by atoms with Crippen LogP contribution in [0.1, 0.15) is 126 Å². The Morgan fingerprint density at radius 2 is 1.60 bits per heavy atom. The maximum atomic E-state index is 3.94. The summed E-state index contributed by atoms with van der Waals surface area (Å²) in [7, 11) is 0. The first-order valence-electron chi connectivity index (χ1n) is 13.8. The van der Waals surface area contributed by atoms with E-state index in [1.54, 1.807) is 0 Å². The van der Waals surface area contributed by atoms with Gasteiger partial charge in [0.1, 0.15) is 0 Å². The van der Waals surface area contributed by atoms with Gasteiger partial charge in [0.25, 0.3) is 0 Å². The lowest BCUT2D eigenvalue weighted by atomic mass is 9.44. The van der Waals surface area contributed by atoms with E-state index in [1.807, 2.05) is 33.3 Å². The van der Waals surface area contributed by atoms with Crippen LogP contribution in [0, 0.1) is 40.4 Å². The zero-order chi connectivity index (χ0) is 22.4. The van der Waals surface area contributed by atoms with Crippen molar-refractivity contribution in [2.45, 2.75) is 126 Å². The third-order valence-electron chi connectivity index (χ3n) is 9.99. The molecule has 0 nitrogen and oxygen atoms in total. The Morgan fingerprint density at radius 1 is 0.900 bits per heavy atom. The van der Waals surface area contributed by atoms with E-state index in [0.717, 1.165) is 29.6 Å². The van der Waals surface area contributed by atoms with E-state index in [-0.39, 0.29) is 0 Å². The molecule has 0 spiro atoms. The maximum Gasteiger partial charge on any atom is -0.0146 e. The van der Waals surface area contributed by atoms with Gasteiger partial charge in [-0.05, 0) is 112 Å². The zero-order valence-electron chi connectivity index (χ0n) is 21.7. The number of fused-ring (bicyclic) bond motifs is 5. The van der Waals surface area contributed by atoms with Crippen molar-refractivity contribution in [1.82, 2.24) is 0 Å². The fraction of sp³-hybridized carbons (Fsp3) is 0.867. The molecule has 4 aliphatic carbocycles. The molecule has 30 heavy (non-hydrogen) atoms. The molecule has 174 valence electrons. The Morgan fingerprint density at radius 3 is 2.27 bits per heavy atom. The van der Waals surface area contributed by atoms with Gasteiger partial charge in [-0.25, -0.2) is 0 Å². The lowest BCUT2D eigenvalue weighted by Gasteiger charge is -2.61. The van der Waals surface area contributed by atoms with Crippen molar-refractivity contribution in [2.24, 2.45) is 40.4 Å². The third-order valence-corrected chi connectivity index (χ3v) is 9.99. The minimum Gasteiger partial charge on any atom is -0.103 e. The topological polar surface area (TPSA) is 0 Å². The van der Waals surface area contributed by atoms with Crippen molar-refractivity contribution >= 4 is 0 Å². The summed E-state index contributed by atoms with van der Waals surface area (Å²) in [6.45, 7) is 19.7. The summed E-state index contributed by atoms with van der Waals surface area (Å²) in [6, 6.07) is 0. The molecular formula is C30H54. The minimum atomic E-state index is 0.616. The van der Waals surface area contributed by atoms with Gasteiger partial charge in [0.15, 0.2) is 0 Å². The van der Waals surface area contributed by atoms with Crippen molar-refractivity contribution in [2.75, 3.05) is 0 Å². The number of rotatable bonds is 4. The molecular weight excluding hydrogens is 360 g/mol. The summed E-state index contributed by atoms with van der Waals surface area (Å²) in [5.74, 6) is 4.91. The minimum absolute atomic E-state index is 0.616. The highest BCUT2D eigenvalue weighted by Crippen LogP contribution is 2.68. The van der Waals surface area contributed by atoms with E-state index in [4.69, 9.17) is 0 Å². The number of unbranched alkanes of at least 4 members (excludes halogenated alkanes) is 1. The normalized spacial score (nSPS) is 43.2. The lowest BCUT2D eigenvalue weighted by Crippen LogP contribution is -2.53. The van der Waals surface area contributed by atoms with Crippen molar-refractivity contribution in [3.05, 3.63) is 24.3 Å². The van der Waals surface area contributed by atoms with E-state index in [0.29, 0.717) is 10.8 Å². The smallest absolute Gasteiger partial charge is 0.0146 e. The summed E-state index contributed by atoms with van der Waals surface area (Å²) >= 11 is 0. The summed E-state index contributed by atoms with van der Waals surface area (Å²) in [4.78, 5) is 0. The number of hydrogen-bond donors (Lipinski definition) is 0. The molecule has 7 unspecified atom stereocenters. The van der Waals surface area contributed by atoms with Crippen LogP contribution in [0.5, 0.6) is 0 Å². The second-order valence-corrected chi connectivity index (χ2v) is 10.8. The van der Waals surface area contributed by atoms with E-state index in [2.05, 4.69) is 39.5 Å². The lowest BCUT2D eigenvalue weighted by molar-refractivity contribution is -0.0900.